The van der Waals surface area contributed by atoms with Crippen LogP contribution in [0, 0.1) is 5.82 Å². The maximum absolute atomic E-state index is 13.2. The molecule has 2 aromatic carbocycles. The van der Waals surface area contributed by atoms with E-state index in [1.807, 2.05) is 0 Å². The molecule has 4 heteroatoms. The summed E-state index contributed by atoms with van der Waals surface area (Å²) in [5, 5.41) is 10.0. The Labute approximate surface area is 103 Å². The van der Waals surface area contributed by atoms with Gasteiger partial charge in [-0.1, -0.05) is 29.8 Å². The van der Waals surface area contributed by atoms with E-state index < -0.39 is 5.82 Å². The van der Waals surface area contributed by atoms with Gasteiger partial charge in [-0.05, 0) is 24.3 Å². The van der Waals surface area contributed by atoms with Crippen LogP contribution in [0.25, 0.3) is 0 Å². The third kappa shape index (κ3) is 2.88. The Hall–Kier alpha value is -1.74. The predicted molar refractivity (Wildman–Crippen MR) is 63.8 cm³/mol. The molecule has 17 heavy (non-hydrogen) atoms. The quantitative estimate of drug-likeness (QED) is 0.901. The van der Waals surface area contributed by atoms with Crippen LogP contribution >= 0.6 is 11.6 Å². The molecular weight excluding hydrogens is 243 g/mol. The molecule has 0 amide bonds. The Morgan fingerprint density at radius 1 is 1.18 bits per heavy atom. The summed E-state index contributed by atoms with van der Waals surface area (Å²) in [6, 6.07) is 10.8. The van der Waals surface area contributed by atoms with E-state index in [0.717, 1.165) is 0 Å². The molecular formula is C13H10ClFO2. The van der Waals surface area contributed by atoms with E-state index in [1.54, 1.807) is 24.3 Å². The van der Waals surface area contributed by atoms with Crippen molar-refractivity contribution in [3.8, 4) is 11.5 Å². The number of phenols is 1. The lowest BCUT2D eigenvalue weighted by atomic mass is 10.2. The highest BCUT2D eigenvalue weighted by Crippen LogP contribution is 2.24. The molecule has 0 aliphatic carbocycles. The van der Waals surface area contributed by atoms with Crippen LogP contribution in [-0.2, 0) is 6.61 Å². The van der Waals surface area contributed by atoms with Crippen molar-refractivity contribution in [2.24, 2.45) is 0 Å². The minimum atomic E-state index is -0.430. The van der Waals surface area contributed by atoms with Gasteiger partial charge in [0.05, 0.1) is 0 Å². The summed E-state index contributed by atoms with van der Waals surface area (Å²) >= 11 is 5.70. The summed E-state index contributed by atoms with van der Waals surface area (Å²) < 4.78 is 18.5. The van der Waals surface area contributed by atoms with Crippen LogP contribution in [0.2, 0.25) is 5.02 Å². The number of halogens is 2. The second-order valence-electron chi connectivity index (χ2n) is 3.49. The second kappa shape index (κ2) is 5.06. The van der Waals surface area contributed by atoms with Gasteiger partial charge in [0.25, 0.3) is 0 Å². The molecule has 88 valence electrons. The zero-order chi connectivity index (χ0) is 12.3. The molecule has 2 rings (SSSR count). The van der Waals surface area contributed by atoms with Crippen molar-refractivity contribution >= 4 is 11.6 Å². The fourth-order valence-electron chi connectivity index (χ4n) is 1.38. The maximum Gasteiger partial charge on any atom is 0.165 e. The highest BCUT2D eigenvalue weighted by molar-refractivity contribution is 6.30. The van der Waals surface area contributed by atoms with Crippen molar-refractivity contribution in [3.63, 3.8) is 0 Å². The van der Waals surface area contributed by atoms with Gasteiger partial charge in [-0.25, -0.2) is 4.39 Å². The SMILES string of the molecule is Oc1cc(Cl)ccc1COc1ccccc1F. The van der Waals surface area contributed by atoms with E-state index in [1.165, 1.54) is 18.2 Å². The number of benzene rings is 2. The minimum absolute atomic E-state index is 0.0360. The number of hydrogen-bond donors (Lipinski definition) is 1. The average molecular weight is 253 g/mol. The van der Waals surface area contributed by atoms with Gasteiger partial charge in [-0.15, -0.1) is 0 Å². The van der Waals surface area contributed by atoms with Crippen LogP contribution < -0.4 is 4.74 Å². The van der Waals surface area contributed by atoms with Crippen LogP contribution in [-0.4, -0.2) is 5.11 Å². The Kier molecular flexibility index (Phi) is 3.49. The van der Waals surface area contributed by atoms with Gasteiger partial charge in [-0.2, -0.15) is 0 Å². The highest BCUT2D eigenvalue weighted by Gasteiger charge is 2.05. The Morgan fingerprint density at radius 3 is 2.65 bits per heavy atom. The normalized spacial score (nSPS) is 10.2. The molecule has 0 atom stereocenters. The summed E-state index contributed by atoms with van der Waals surface area (Å²) in [5.41, 5.74) is 0.553. The second-order valence-corrected chi connectivity index (χ2v) is 3.93. The van der Waals surface area contributed by atoms with Crippen molar-refractivity contribution in [1.29, 1.82) is 0 Å². The third-order valence-electron chi connectivity index (χ3n) is 2.27. The van der Waals surface area contributed by atoms with Crippen molar-refractivity contribution in [3.05, 3.63) is 58.9 Å². The molecule has 0 saturated carbocycles. The first kappa shape index (κ1) is 11.7. The van der Waals surface area contributed by atoms with Gasteiger partial charge in [0.15, 0.2) is 11.6 Å². The average Bonchev–Trinajstić information content (AvgIpc) is 2.30. The molecule has 0 bridgehead atoms. The summed E-state index contributed by atoms with van der Waals surface area (Å²) in [5.74, 6) is -0.239. The lowest BCUT2D eigenvalue weighted by molar-refractivity contribution is 0.284. The lowest BCUT2D eigenvalue weighted by Gasteiger charge is -2.08. The van der Waals surface area contributed by atoms with E-state index in [-0.39, 0.29) is 18.1 Å². The smallest absolute Gasteiger partial charge is 0.165 e. The van der Waals surface area contributed by atoms with Crippen LogP contribution in [0.5, 0.6) is 11.5 Å². The zero-order valence-corrected chi connectivity index (χ0v) is 9.62. The summed E-state index contributed by atoms with van der Waals surface area (Å²) in [6.45, 7) is 0.0872. The van der Waals surface area contributed by atoms with Gasteiger partial charge < -0.3 is 9.84 Å². The topological polar surface area (TPSA) is 29.5 Å². The largest absolute Gasteiger partial charge is 0.507 e. The summed E-state index contributed by atoms with van der Waals surface area (Å²) in [7, 11) is 0. The van der Waals surface area contributed by atoms with Crippen LogP contribution in [0.1, 0.15) is 5.56 Å². The highest BCUT2D eigenvalue weighted by atomic mass is 35.5. The van der Waals surface area contributed by atoms with Gasteiger partial charge in [0.1, 0.15) is 12.4 Å². The van der Waals surface area contributed by atoms with E-state index in [0.29, 0.717) is 10.6 Å². The monoisotopic (exact) mass is 252 g/mol. The Bertz CT molecular complexity index is 529. The number of rotatable bonds is 3. The zero-order valence-electron chi connectivity index (χ0n) is 8.86. The number of para-hydroxylation sites is 1. The van der Waals surface area contributed by atoms with Crippen molar-refractivity contribution < 1.29 is 14.2 Å². The van der Waals surface area contributed by atoms with Crippen molar-refractivity contribution in [1.82, 2.24) is 0 Å². The molecule has 0 radical (unpaired) electrons. The number of ether oxygens (including phenoxy) is 1. The standard InChI is InChI=1S/C13H10ClFO2/c14-10-6-5-9(12(16)7-10)8-17-13-4-2-1-3-11(13)15/h1-7,16H,8H2. The molecule has 0 aliphatic heterocycles. The van der Waals surface area contributed by atoms with Crippen molar-refractivity contribution in [2.75, 3.05) is 0 Å². The molecule has 0 spiro atoms. The molecule has 2 aromatic rings. The molecule has 0 aliphatic rings. The van der Waals surface area contributed by atoms with Crippen molar-refractivity contribution in [2.45, 2.75) is 6.61 Å². The van der Waals surface area contributed by atoms with E-state index in [9.17, 15) is 9.50 Å². The molecule has 2 nitrogen and oxygen atoms in total. The Morgan fingerprint density at radius 2 is 1.94 bits per heavy atom. The predicted octanol–water partition coefficient (Wildman–Crippen LogP) is 3.76. The first-order valence-corrected chi connectivity index (χ1v) is 5.39. The van der Waals surface area contributed by atoms with Gasteiger partial charge in [0.2, 0.25) is 0 Å². The molecule has 0 heterocycles. The van der Waals surface area contributed by atoms with Gasteiger partial charge in [-0.3, -0.25) is 0 Å². The molecule has 0 saturated heterocycles. The third-order valence-corrected chi connectivity index (χ3v) is 2.50. The van der Waals surface area contributed by atoms with Gasteiger partial charge in [0, 0.05) is 10.6 Å². The van der Waals surface area contributed by atoms with E-state index >= 15 is 0 Å². The lowest BCUT2D eigenvalue weighted by Crippen LogP contribution is -1.97. The van der Waals surface area contributed by atoms with Crippen LogP contribution in [0.15, 0.2) is 42.5 Å². The number of aromatic hydroxyl groups is 1. The minimum Gasteiger partial charge on any atom is -0.507 e. The van der Waals surface area contributed by atoms with Crippen LogP contribution in [0.4, 0.5) is 4.39 Å². The van der Waals surface area contributed by atoms with E-state index in [2.05, 4.69) is 0 Å². The molecule has 0 unspecified atom stereocenters. The fraction of sp³-hybridized carbons (Fsp3) is 0.0769. The van der Waals surface area contributed by atoms with E-state index in [4.69, 9.17) is 16.3 Å². The van der Waals surface area contributed by atoms with Crippen LogP contribution in [0.3, 0.4) is 0 Å². The molecule has 1 N–H and O–H groups in total. The Balaban J connectivity index is 2.10. The number of phenolic OH excluding ortho intramolecular Hbond substituents is 1. The first-order chi connectivity index (χ1) is 8.16. The maximum atomic E-state index is 13.2. The summed E-state index contributed by atoms with van der Waals surface area (Å²) in [6.07, 6.45) is 0. The fourth-order valence-corrected chi connectivity index (χ4v) is 1.54. The molecule has 0 fully saturated rings. The summed E-state index contributed by atoms with van der Waals surface area (Å²) in [4.78, 5) is 0. The first-order valence-electron chi connectivity index (χ1n) is 5.01. The molecule has 0 aromatic heterocycles. The van der Waals surface area contributed by atoms with Gasteiger partial charge >= 0.3 is 0 Å². The number of hydrogen-bond acceptors (Lipinski definition) is 2.